The van der Waals surface area contributed by atoms with Gasteiger partial charge < -0.3 is 14.2 Å². The monoisotopic (exact) mass is 887 g/mol. The quantitative estimate of drug-likeness (QED) is 0.0262. The molecule has 0 aromatic rings. The first-order valence-electron chi connectivity index (χ1n) is 25.9. The maximum atomic E-state index is 12.8. The van der Waals surface area contributed by atoms with E-state index in [1.54, 1.807) is 0 Å². The van der Waals surface area contributed by atoms with Crippen LogP contribution in [0.3, 0.4) is 0 Å². The fourth-order valence-corrected chi connectivity index (χ4v) is 6.64. The van der Waals surface area contributed by atoms with Crippen molar-refractivity contribution in [2.45, 2.75) is 226 Å². The highest BCUT2D eigenvalue weighted by Gasteiger charge is 2.19. The zero-order valence-corrected chi connectivity index (χ0v) is 41.3. The summed E-state index contributed by atoms with van der Waals surface area (Å²) in [6.07, 6.45) is 69.3. The third-order valence-corrected chi connectivity index (χ3v) is 10.5. The molecule has 0 amide bonds. The lowest BCUT2D eigenvalue weighted by Crippen LogP contribution is -2.30. The highest BCUT2D eigenvalue weighted by Crippen LogP contribution is 2.13. The lowest BCUT2D eigenvalue weighted by Gasteiger charge is -2.18. The van der Waals surface area contributed by atoms with E-state index in [0.717, 1.165) is 103 Å². The van der Waals surface area contributed by atoms with Crippen molar-refractivity contribution in [1.82, 2.24) is 0 Å². The van der Waals surface area contributed by atoms with Crippen LogP contribution in [0.25, 0.3) is 0 Å². The van der Waals surface area contributed by atoms with E-state index in [2.05, 4.69) is 130 Å². The molecule has 6 heteroatoms. The summed E-state index contributed by atoms with van der Waals surface area (Å²) in [5.74, 6) is -1.01. The van der Waals surface area contributed by atoms with Gasteiger partial charge >= 0.3 is 17.9 Å². The number of carbonyl (C=O) groups is 3. The molecule has 6 nitrogen and oxygen atoms in total. The summed E-state index contributed by atoms with van der Waals surface area (Å²) in [6, 6.07) is 0. The van der Waals surface area contributed by atoms with E-state index in [1.165, 1.54) is 70.6 Å². The maximum Gasteiger partial charge on any atom is 0.306 e. The first kappa shape index (κ1) is 60.1. The molecule has 0 aliphatic heterocycles. The summed E-state index contributed by atoms with van der Waals surface area (Å²) in [4.78, 5) is 37.9. The normalized spacial score (nSPS) is 13.0. The predicted molar refractivity (Wildman–Crippen MR) is 274 cm³/mol. The molecule has 0 aliphatic carbocycles. The minimum Gasteiger partial charge on any atom is -0.462 e. The van der Waals surface area contributed by atoms with Crippen LogP contribution in [0.15, 0.2) is 109 Å². The predicted octanol–water partition coefficient (Wildman–Crippen LogP) is 17.1. The van der Waals surface area contributed by atoms with Crippen LogP contribution in [0.5, 0.6) is 0 Å². The van der Waals surface area contributed by atoms with Gasteiger partial charge in [0.2, 0.25) is 0 Å². The van der Waals surface area contributed by atoms with Gasteiger partial charge in [0.1, 0.15) is 13.2 Å². The Labute approximate surface area is 393 Å². The van der Waals surface area contributed by atoms with E-state index in [4.69, 9.17) is 14.2 Å². The van der Waals surface area contributed by atoms with Gasteiger partial charge in [0.15, 0.2) is 6.10 Å². The third-order valence-electron chi connectivity index (χ3n) is 10.5. The van der Waals surface area contributed by atoms with Crippen LogP contribution < -0.4 is 0 Å². The van der Waals surface area contributed by atoms with Gasteiger partial charge in [-0.05, 0) is 103 Å². The number of rotatable bonds is 45. The zero-order chi connectivity index (χ0) is 46.5. The summed E-state index contributed by atoms with van der Waals surface area (Å²) in [6.45, 7) is 6.39. The number of carbonyl (C=O) groups excluding carboxylic acids is 3. The number of esters is 3. The standard InChI is InChI=1S/C58H94O6/c1-4-7-10-13-16-19-22-24-26-28-29-31-32-34-36-39-42-45-48-51-57(60)63-54-55(53-62-56(59)50-47-44-41-38-21-18-15-12-9-6-3)64-58(61)52-49-46-43-40-37-35-33-30-27-25-23-20-17-14-11-8-5-2/h7,10,16-17,19-20,24-27,29,31,33-36,40,43,55H,4-6,8-9,11-15,18,21-23,28,30,32,37-39,41-42,44-54H2,1-3H3/b10-7-,19-16-,20-17-,26-24-,27-25-,31-29-,35-33-,36-34-,43-40-/t55-/m1/s1. The molecule has 0 saturated heterocycles. The third kappa shape index (κ3) is 49.1. The summed E-state index contributed by atoms with van der Waals surface area (Å²) >= 11 is 0. The van der Waals surface area contributed by atoms with Crippen molar-refractivity contribution in [3.8, 4) is 0 Å². The summed E-state index contributed by atoms with van der Waals surface area (Å²) in [7, 11) is 0. The van der Waals surface area contributed by atoms with Crippen LogP contribution in [-0.2, 0) is 28.6 Å². The zero-order valence-electron chi connectivity index (χ0n) is 41.3. The van der Waals surface area contributed by atoms with Crippen LogP contribution >= 0.6 is 0 Å². The molecule has 0 fully saturated rings. The molecule has 0 radical (unpaired) electrons. The lowest BCUT2D eigenvalue weighted by molar-refractivity contribution is -0.167. The van der Waals surface area contributed by atoms with Gasteiger partial charge in [-0.15, -0.1) is 0 Å². The molecule has 0 saturated carbocycles. The van der Waals surface area contributed by atoms with Crippen LogP contribution in [0, 0.1) is 0 Å². The van der Waals surface area contributed by atoms with Gasteiger partial charge in [-0.2, -0.15) is 0 Å². The summed E-state index contributed by atoms with van der Waals surface area (Å²) < 4.78 is 16.7. The van der Waals surface area contributed by atoms with E-state index >= 15 is 0 Å². The molecule has 0 aromatic heterocycles. The molecule has 0 rings (SSSR count). The SMILES string of the molecule is CC/C=C\C/C=C\C/C=C\C/C=C\C/C=C\CCCCCC(=O)OC[C@@H](COC(=O)CCCCCCCCCCCC)OC(=O)CCC/C=C\C/C=C\C/C=C\C/C=C\CCCCC. The van der Waals surface area contributed by atoms with Crippen molar-refractivity contribution in [3.63, 3.8) is 0 Å². The van der Waals surface area contributed by atoms with Crippen molar-refractivity contribution < 1.29 is 28.6 Å². The second kappa shape index (κ2) is 51.7. The first-order valence-corrected chi connectivity index (χ1v) is 25.9. The molecule has 0 bridgehead atoms. The topological polar surface area (TPSA) is 78.9 Å². The fraction of sp³-hybridized carbons (Fsp3) is 0.638. The van der Waals surface area contributed by atoms with Crippen molar-refractivity contribution in [2.24, 2.45) is 0 Å². The smallest absolute Gasteiger partial charge is 0.306 e. The van der Waals surface area contributed by atoms with Gasteiger partial charge in [-0.25, -0.2) is 0 Å². The van der Waals surface area contributed by atoms with Crippen molar-refractivity contribution >= 4 is 17.9 Å². The van der Waals surface area contributed by atoms with Crippen molar-refractivity contribution in [3.05, 3.63) is 109 Å². The number of ether oxygens (including phenoxy) is 3. The molecule has 0 N–H and O–H groups in total. The molecule has 0 spiro atoms. The lowest BCUT2D eigenvalue weighted by atomic mass is 10.1. The molecule has 362 valence electrons. The van der Waals surface area contributed by atoms with E-state index in [0.29, 0.717) is 19.3 Å². The molecule has 0 heterocycles. The molecule has 0 aliphatic rings. The molecule has 1 atom stereocenters. The maximum absolute atomic E-state index is 12.8. The second-order valence-electron chi connectivity index (χ2n) is 16.7. The van der Waals surface area contributed by atoms with Crippen LogP contribution in [-0.4, -0.2) is 37.2 Å². The van der Waals surface area contributed by atoms with Gasteiger partial charge in [-0.1, -0.05) is 207 Å². The first-order chi connectivity index (χ1) is 31.5. The highest BCUT2D eigenvalue weighted by molar-refractivity contribution is 5.71. The Morgan fingerprint density at radius 1 is 0.328 bits per heavy atom. The highest BCUT2D eigenvalue weighted by atomic mass is 16.6. The Balaban J connectivity index is 4.52. The average molecular weight is 887 g/mol. The van der Waals surface area contributed by atoms with Crippen LogP contribution in [0.2, 0.25) is 0 Å². The molecule has 0 unspecified atom stereocenters. The molecular formula is C58H94O6. The number of hydrogen-bond donors (Lipinski definition) is 0. The van der Waals surface area contributed by atoms with E-state index in [1.807, 2.05) is 0 Å². The van der Waals surface area contributed by atoms with E-state index in [9.17, 15) is 14.4 Å². The summed E-state index contributed by atoms with van der Waals surface area (Å²) in [5, 5.41) is 0. The van der Waals surface area contributed by atoms with Crippen LogP contribution in [0.4, 0.5) is 0 Å². The van der Waals surface area contributed by atoms with Crippen LogP contribution in [0.1, 0.15) is 220 Å². The van der Waals surface area contributed by atoms with Gasteiger partial charge in [0.05, 0.1) is 0 Å². The number of unbranched alkanes of at least 4 members (excludes halogenated alkanes) is 16. The Kier molecular flexibility index (Phi) is 48.5. The van der Waals surface area contributed by atoms with E-state index < -0.39 is 6.10 Å². The van der Waals surface area contributed by atoms with Crippen molar-refractivity contribution in [2.75, 3.05) is 13.2 Å². The largest absolute Gasteiger partial charge is 0.462 e. The van der Waals surface area contributed by atoms with Gasteiger partial charge in [0, 0.05) is 19.3 Å². The second-order valence-corrected chi connectivity index (χ2v) is 16.7. The Bertz CT molecular complexity index is 1340. The minimum atomic E-state index is -0.819. The fourth-order valence-electron chi connectivity index (χ4n) is 6.64. The number of allylic oxidation sites excluding steroid dienone is 18. The Morgan fingerprint density at radius 2 is 0.625 bits per heavy atom. The Morgan fingerprint density at radius 3 is 1.03 bits per heavy atom. The van der Waals surface area contributed by atoms with Gasteiger partial charge in [-0.3, -0.25) is 14.4 Å². The molecule has 64 heavy (non-hydrogen) atoms. The molecule has 0 aromatic carbocycles. The average Bonchev–Trinajstić information content (AvgIpc) is 3.29. The number of hydrogen-bond acceptors (Lipinski definition) is 6. The minimum absolute atomic E-state index is 0.111. The van der Waals surface area contributed by atoms with E-state index in [-0.39, 0.29) is 37.5 Å². The Hall–Kier alpha value is -3.93. The van der Waals surface area contributed by atoms with Gasteiger partial charge in [0.25, 0.3) is 0 Å². The molecular weight excluding hydrogens is 793 g/mol. The summed E-state index contributed by atoms with van der Waals surface area (Å²) in [5.41, 5.74) is 0. The van der Waals surface area contributed by atoms with Crippen molar-refractivity contribution in [1.29, 1.82) is 0 Å².